The van der Waals surface area contributed by atoms with Gasteiger partial charge >= 0.3 is 0 Å². The van der Waals surface area contributed by atoms with Crippen LogP contribution in [0.15, 0.2) is 34.8 Å². The van der Waals surface area contributed by atoms with E-state index in [2.05, 4.69) is 65.5 Å². The summed E-state index contributed by atoms with van der Waals surface area (Å²) in [4.78, 5) is 2.53. The van der Waals surface area contributed by atoms with Crippen molar-refractivity contribution in [2.24, 2.45) is 5.84 Å². The van der Waals surface area contributed by atoms with E-state index in [0.717, 1.165) is 4.47 Å². The molecule has 4 heteroatoms. The molecule has 1 heterocycles. The molecule has 90 valence electrons. The zero-order valence-electron chi connectivity index (χ0n) is 9.83. The minimum atomic E-state index is 0.0444. The first-order valence-electron chi connectivity index (χ1n) is 5.41. The molecule has 17 heavy (non-hydrogen) atoms. The summed E-state index contributed by atoms with van der Waals surface area (Å²) in [6, 6.07) is 10.5. The van der Waals surface area contributed by atoms with Crippen molar-refractivity contribution >= 4 is 27.3 Å². The van der Waals surface area contributed by atoms with Crippen molar-refractivity contribution in [3.8, 4) is 0 Å². The Labute approximate surface area is 114 Å². The van der Waals surface area contributed by atoms with Crippen LogP contribution in [-0.4, -0.2) is 0 Å². The average Bonchev–Trinajstić information content (AvgIpc) is 2.72. The SMILES string of the molecule is Cc1ccc(C(NN)c2cccc(C)c2Br)s1. The lowest BCUT2D eigenvalue weighted by atomic mass is 10.0. The number of nitrogens with two attached hydrogens (primary N) is 1. The van der Waals surface area contributed by atoms with E-state index in [0.29, 0.717) is 0 Å². The van der Waals surface area contributed by atoms with Crippen LogP contribution in [0.1, 0.15) is 26.9 Å². The maximum Gasteiger partial charge on any atom is 0.0813 e. The van der Waals surface area contributed by atoms with Gasteiger partial charge in [-0.3, -0.25) is 5.84 Å². The highest BCUT2D eigenvalue weighted by atomic mass is 79.9. The maximum atomic E-state index is 5.70. The largest absolute Gasteiger partial charge is 0.271 e. The molecular weight excluding hydrogens is 296 g/mol. The van der Waals surface area contributed by atoms with Crippen LogP contribution >= 0.6 is 27.3 Å². The molecule has 0 amide bonds. The zero-order valence-corrected chi connectivity index (χ0v) is 12.2. The second-order valence-corrected chi connectivity index (χ2v) is 6.14. The summed E-state index contributed by atoms with van der Waals surface area (Å²) < 4.78 is 1.12. The normalized spacial score (nSPS) is 12.7. The quantitative estimate of drug-likeness (QED) is 0.670. The highest BCUT2D eigenvalue weighted by Crippen LogP contribution is 2.33. The number of hydrazine groups is 1. The summed E-state index contributed by atoms with van der Waals surface area (Å²) in [6.45, 7) is 4.19. The highest BCUT2D eigenvalue weighted by molar-refractivity contribution is 9.10. The fraction of sp³-hybridized carbons (Fsp3) is 0.231. The Bertz CT molecular complexity index is 522. The van der Waals surface area contributed by atoms with Crippen molar-refractivity contribution in [1.82, 2.24) is 5.43 Å². The van der Waals surface area contributed by atoms with Crippen molar-refractivity contribution in [2.45, 2.75) is 19.9 Å². The van der Waals surface area contributed by atoms with Gasteiger partial charge in [-0.2, -0.15) is 0 Å². The molecule has 1 atom stereocenters. The first-order valence-corrected chi connectivity index (χ1v) is 7.02. The monoisotopic (exact) mass is 310 g/mol. The van der Waals surface area contributed by atoms with Crippen LogP contribution in [0.3, 0.4) is 0 Å². The molecule has 0 aliphatic heterocycles. The minimum absolute atomic E-state index is 0.0444. The molecule has 0 spiro atoms. The third kappa shape index (κ3) is 2.60. The third-order valence-electron chi connectivity index (χ3n) is 2.75. The maximum absolute atomic E-state index is 5.70. The van der Waals surface area contributed by atoms with Gasteiger partial charge in [-0.15, -0.1) is 11.3 Å². The van der Waals surface area contributed by atoms with E-state index in [9.17, 15) is 0 Å². The van der Waals surface area contributed by atoms with Crippen LogP contribution in [0.25, 0.3) is 0 Å². The second kappa shape index (κ2) is 5.31. The molecule has 0 aliphatic carbocycles. The van der Waals surface area contributed by atoms with Gasteiger partial charge in [0.05, 0.1) is 6.04 Å². The van der Waals surface area contributed by atoms with Crippen LogP contribution < -0.4 is 11.3 Å². The molecule has 3 N–H and O–H groups in total. The topological polar surface area (TPSA) is 38.0 Å². The van der Waals surface area contributed by atoms with E-state index in [1.54, 1.807) is 11.3 Å². The van der Waals surface area contributed by atoms with Gasteiger partial charge in [0.2, 0.25) is 0 Å². The van der Waals surface area contributed by atoms with Crippen molar-refractivity contribution in [2.75, 3.05) is 0 Å². The summed E-state index contributed by atoms with van der Waals surface area (Å²) in [5.41, 5.74) is 5.29. The van der Waals surface area contributed by atoms with Gasteiger partial charge < -0.3 is 0 Å². The summed E-state index contributed by atoms with van der Waals surface area (Å²) in [7, 11) is 0. The van der Waals surface area contributed by atoms with Crippen molar-refractivity contribution < 1.29 is 0 Å². The number of benzene rings is 1. The summed E-state index contributed by atoms with van der Waals surface area (Å²) in [6.07, 6.45) is 0. The van der Waals surface area contributed by atoms with E-state index < -0.39 is 0 Å². The van der Waals surface area contributed by atoms with Crippen LogP contribution in [0.5, 0.6) is 0 Å². The van der Waals surface area contributed by atoms with Gasteiger partial charge in [-0.05, 0) is 37.1 Å². The highest BCUT2D eigenvalue weighted by Gasteiger charge is 2.17. The molecule has 1 aromatic carbocycles. The van der Waals surface area contributed by atoms with Crippen LogP contribution in [0, 0.1) is 13.8 Å². The lowest BCUT2D eigenvalue weighted by Gasteiger charge is -2.17. The number of thiophene rings is 1. The zero-order chi connectivity index (χ0) is 12.4. The summed E-state index contributed by atoms with van der Waals surface area (Å²) in [5, 5.41) is 0. The van der Waals surface area contributed by atoms with Gasteiger partial charge in [-0.1, -0.05) is 34.1 Å². The lowest BCUT2D eigenvalue weighted by molar-refractivity contribution is 0.644. The predicted molar refractivity (Wildman–Crippen MR) is 77.1 cm³/mol. The van der Waals surface area contributed by atoms with E-state index >= 15 is 0 Å². The Morgan fingerprint density at radius 2 is 2.00 bits per heavy atom. The van der Waals surface area contributed by atoms with Gasteiger partial charge in [0, 0.05) is 14.2 Å². The Kier molecular flexibility index (Phi) is 3.99. The second-order valence-electron chi connectivity index (χ2n) is 4.03. The number of nitrogens with one attached hydrogen (secondary N) is 1. The molecule has 1 aromatic heterocycles. The molecule has 2 rings (SSSR count). The molecule has 0 saturated heterocycles. The lowest BCUT2D eigenvalue weighted by Crippen LogP contribution is -2.28. The Morgan fingerprint density at radius 3 is 2.59 bits per heavy atom. The van der Waals surface area contributed by atoms with Crippen LogP contribution in [-0.2, 0) is 0 Å². The van der Waals surface area contributed by atoms with E-state index in [4.69, 9.17) is 5.84 Å². The van der Waals surface area contributed by atoms with E-state index in [1.807, 2.05) is 0 Å². The van der Waals surface area contributed by atoms with E-state index in [-0.39, 0.29) is 6.04 Å². The molecule has 0 fully saturated rings. The Balaban J connectivity index is 2.45. The van der Waals surface area contributed by atoms with Crippen molar-refractivity contribution in [1.29, 1.82) is 0 Å². The minimum Gasteiger partial charge on any atom is -0.271 e. The smallest absolute Gasteiger partial charge is 0.0813 e. The van der Waals surface area contributed by atoms with Gasteiger partial charge in [0.1, 0.15) is 0 Å². The molecule has 0 bridgehead atoms. The van der Waals surface area contributed by atoms with Gasteiger partial charge in [0.25, 0.3) is 0 Å². The predicted octanol–water partition coefficient (Wildman–Crippen LogP) is 3.68. The standard InChI is InChI=1S/C13H15BrN2S/c1-8-4-3-5-10(12(8)14)13(16-15)11-7-6-9(2)17-11/h3-7,13,16H,15H2,1-2H3. The fourth-order valence-corrected chi connectivity index (χ4v) is 3.28. The molecule has 0 saturated carbocycles. The molecule has 1 unspecified atom stereocenters. The van der Waals surface area contributed by atoms with Crippen LogP contribution in [0.2, 0.25) is 0 Å². The third-order valence-corrected chi connectivity index (χ3v) is 4.89. The number of hydrogen-bond acceptors (Lipinski definition) is 3. The van der Waals surface area contributed by atoms with E-state index in [1.165, 1.54) is 20.9 Å². The Morgan fingerprint density at radius 1 is 1.24 bits per heavy atom. The molecule has 0 aliphatic rings. The fourth-order valence-electron chi connectivity index (χ4n) is 1.83. The van der Waals surface area contributed by atoms with Gasteiger partial charge in [0.15, 0.2) is 0 Å². The molecule has 0 radical (unpaired) electrons. The average molecular weight is 311 g/mol. The Hall–Kier alpha value is -0.680. The summed E-state index contributed by atoms with van der Waals surface area (Å²) >= 11 is 5.40. The van der Waals surface area contributed by atoms with Crippen LogP contribution in [0.4, 0.5) is 0 Å². The number of aryl methyl sites for hydroxylation is 2. The van der Waals surface area contributed by atoms with Crippen molar-refractivity contribution in [3.05, 3.63) is 55.7 Å². The number of halogens is 1. The van der Waals surface area contributed by atoms with Crippen molar-refractivity contribution in [3.63, 3.8) is 0 Å². The summed E-state index contributed by atoms with van der Waals surface area (Å²) in [5.74, 6) is 5.70. The number of rotatable bonds is 3. The molecule has 2 aromatic rings. The first-order chi connectivity index (χ1) is 8.13. The first kappa shape index (κ1) is 12.8. The van der Waals surface area contributed by atoms with Gasteiger partial charge in [-0.25, -0.2) is 5.43 Å². The number of hydrogen-bond donors (Lipinski definition) is 2. The molecule has 2 nitrogen and oxygen atoms in total. The molecular formula is C13H15BrN2S.